The number of benzene rings is 3. The van der Waals surface area contributed by atoms with Crippen molar-refractivity contribution in [1.82, 2.24) is 0 Å². The zero-order chi connectivity index (χ0) is 21.9. The van der Waals surface area contributed by atoms with Crippen LogP contribution in [0.4, 0.5) is 11.4 Å². The molecule has 1 amide bonds. The highest BCUT2D eigenvalue weighted by Gasteiger charge is 2.19. The lowest BCUT2D eigenvalue weighted by Crippen LogP contribution is -2.29. The molecule has 3 aromatic rings. The summed E-state index contributed by atoms with van der Waals surface area (Å²) in [6.07, 6.45) is 1.12. The van der Waals surface area contributed by atoms with Crippen LogP contribution < -0.4 is 9.62 Å². The minimum atomic E-state index is -3.58. The Morgan fingerprint density at radius 2 is 1.60 bits per heavy atom. The molecule has 0 spiro atoms. The number of amides is 1. The standard InChI is InChI=1S/C21H17Cl3N2O3S/c1-30(28,29)26(13-15-4-2-3-5-18(15)23)17-9-6-14(7-10-17)21(27)25-20-12-16(22)8-11-19(20)24/h2-12H,13H2,1H3,(H,25,27). The number of rotatable bonds is 6. The fourth-order valence-electron chi connectivity index (χ4n) is 2.75. The van der Waals surface area contributed by atoms with E-state index in [-0.39, 0.29) is 6.54 Å². The van der Waals surface area contributed by atoms with E-state index in [9.17, 15) is 13.2 Å². The summed E-state index contributed by atoms with van der Waals surface area (Å²) in [6, 6.07) is 18.0. The van der Waals surface area contributed by atoms with Crippen molar-refractivity contribution in [3.63, 3.8) is 0 Å². The SMILES string of the molecule is CS(=O)(=O)N(Cc1ccccc1Cl)c1ccc(C(=O)Nc2cc(Cl)ccc2Cl)cc1. The van der Waals surface area contributed by atoms with E-state index in [1.807, 2.05) is 0 Å². The van der Waals surface area contributed by atoms with Crippen molar-refractivity contribution >= 4 is 62.1 Å². The van der Waals surface area contributed by atoms with Crippen molar-refractivity contribution in [3.8, 4) is 0 Å². The van der Waals surface area contributed by atoms with Gasteiger partial charge in [-0.25, -0.2) is 8.42 Å². The Kier molecular flexibility index (Phi) is 6.93. The van der Waals surface area contributed by atoms with Gasteiger partial charge in [-0.2, -0.15) is 0 Å². The molecule has 0 aliphatic heterocycles. The van der Waals surface area contributed by atoms with Crippen molar-refractivity contribution in [1.29, 1.82) is 0 Å². The van der Waals surface area contributed by atoms with E-state index in [0.717, 1.165) is 6.26 Å². The van der Waals surface area contributed by atoms with Gasteiger partial charge in [0.1, 0.15) is 0 Å². The molecule has 0 saturated carbocycles. The Morgan fingerprint density at radius 3 is 2.23 bits per heavy atom. The summed E-state index contributed by atoms with van der Waals surface area (Å²) in [5.74, 6) is -0.400. The number of halogens is 3. The van der Waals surface area contributed by atoms with Crippen molar-refractivity contribution in [2.45, 2.75) is 6.54 Å². The third kappa shape index (κ3) is 5.46. The van der Waals surface area contributed by atoms with Crippen LogP contribution in [0.5, 0.6) is 0 Å². The Labute approximate surface area is 190 Å². The molecule has 5 nitrogen and oxygen atoms in total. The van der Waals surface area contributed by atoms with E-state index in [2.05, 4.69) is 5.32 Å². The smallest absolute Gasteiger partial charge is 0.255 e. The van der Waals surface area contributed by atoms with Gasteiger partial charge in [-0.05, 0) is 54.1 Å². The maximum Gasteiger partial charge on any atom is 0.255 e. The molecule has 0 saturated heterocycles. The monoisotopic (exact) mass is 482 g/mol. The number of carbonyl (C=O) groups is 1. The summed E-state index contributed by atoms with van der Waals surface area (Å²) in [5.41, 5.74) is 1.80. The Bertz CT molecular complexity index is 1180. The van der Waals surface area contributed by atoms with Crippen LogP contribution in [0.2, 0.25) is 15.1 Å². The van der Waals surface area contributed by atoms with Crippen LogP contribution in [0.3, 0.4) is 0 Å². The number of anilines is 2. The summed E-state index contributed by atoms with van der Waals surface area (Å²) in [6.45, 7) is 0.0716. The zero-order valence-corrected chi connectivity index (χ0v) is 18.9. The minimum absolute atomic E-state index is 0.0716. The fraction of sp³-hybridized carbons (Fsp3) is 0.0952. The molecule has 0 fully saturated rings. The fourth-order valence-corrected chi connectivity index (χ4v) is 4.16. The van der Waals surface area contributed by atoms with Crippen molar-refractivity contribution in [2.75, 3.05) is 15.9 Å². The molecule has 3 aromatic carbocycles. The van der Waals surface area contributed by atoms with Crippen molar-refractivity contribution in [3.05, 3.63) is 92.9 Å². The lowest BCUT2D eigenvalue weighted by atomic mass is 10.1. The van der Waals surface area contributed by atoms with Crippen LogP contribution in [-0.4, -0.2) is 20.6 Å². The summed E-state index contributed by atoms with van der Waals surface area (Å²) in [7, 11) is -3.58. The molecule has 0 aliphatic carbocycles. The summed E-state index contributed by atoms with van der Waals surface area (Å²) >= 11 is 18.2. The van der Waals surface area contributed by atoms with E-state index in [1.165, 1.54) is 16.4 Å². The molecule has 0 atom stereocenters. The number of carbonyl (C=O) groups excluding carboxylic acids is 1. The Balaban J connectivity index is 1.84. The number of hydrogen-bond acceptors (Lipinski definition) is 3. The maximum absolute atomic E-state index is 12.5. The molecule has 0 bridgehead atoms. The first kappa shape index (κ1) is 22.4. The lowest BCUT2D eigenvalue weighted by Gasteiger charge is -2.23. The van der Waals surface area contributed by atoms with E-state index >= 15 is 0 Å². The molecular weight excluding hydrogens is 467 g/mol. The highest BCUT2D eigenvalue weighted by Crippen LogP contribution is 2.27. The first-order valence-corrected chi connectivity index (χ1v) is 11.7. The van der Waals surface area contributed by atoms with E-state index in [4.69, 9.17) is 34.8 Å². The number of hydrogen-bond donors (Lipinski definition) is 1. The average molecular weight is 484 g/mol. The molecular formula is C21H17Cl3N2O3S. The van der Waals surface area contributed by atoms with Crippen molar-refractivity contribution in [2.24, 2.45) is 0 Å². The molecule has 3 rings (SSSR count). The maximum atomic E-state index is 12.5. The highest BCUT2D eigenvalue weighted by atomic mass is 35.5. The minimum Gasteiger partial charge on any atom is -0.321 e. The van der Waals surface area contributed by atoms with Gasteiger partial charge < -0.3 is 5.32 Å². The summed E-state index contributed by atoms with van der Waals surface area (Å²) < 4.78 is 25.9. The molecule has 1 N–H and O–H groups in total. The van der Waals surface area contributed by atoms with Crippen LogP contribution in [0.25, 0.3) is 0 Å². The Hall–Kier alpha value is -2.25. The molecule has 30 heavy (non-hydrogen) atoms. The van der Waals surface area contributed by atoms with Gasteiger partial charge in [-0.1, -0.05) is 53.0 Å². The van der Waals surface area contributed by atoms with Crippen LogP contribution >= 0.6 is 34.8 Å². The number of nitrogens with one attached hydrogen (secondary N) is 1. The van der Waals surface area contributed by atoms with Gasteiger partial charge in [0.05, 0.1) is 29.2 Å². The predicted molar refractivity (Wildman–Crippen MR) is 123 cm³/mol. The Morgan fingerprint density at radius 1 is 0.933 bits per heavy atom. The molecule has 0 aliphatic rings. The predicted octanol–water partition coefficient (Wildman–Crippen LogP) is 5.87. The van der Waals surface area contributed by atoms with Gasteiger partial charge in [0, 0.05) is 15.6 Å². The second kappa shape index (κ2) is 9.27. The normalized spacial score (nSPS) is 11.2. The summed E-state index contributed by atoms with van der Waals surface area (Å²) in [4.78, 5) is 12.5. The second-order valence-corrected chi connectivity index (χ2v) is 9.64. The van der Waals surface area contributed by atoms with Gasteiger partial charge in [0.2, 0.25) is 10.0 Å². The largest absolute Gasteiger partial charge is 0.321 e. The van der Waals surface area contributed by atoms with E-state index in [0.29, 0.717) is 37.6 Å². The van der Waals surface area contributed by atoms with Crippen molar-refractivity contribution < 1.29 is 13.2 Å². The van der Waals surface area contributed by atoms with E-state index < -0.39 is 15.9 Å². The van der Waals surface area contributed by atoms with Gasteiger partial charge in [0.15, 0.2) is 0 Å². The van der Waals surface area contributed by atoms with Crippen LogP contribution in [-0.2, 0) is 16.6 Å². The number of sulfonamides is 1. The highest BCUT2D eigenvalue weighted by molar-refractivity contribution is 7.92. The first-order valence-electron chi connectivity index (χ1n) is 8.73. The lowest BCUT2D eigenvalue weighted by molar-refractivity contribution is 0.102. The first-order chi connectivity index (χ1) is 14.1. The average Bonchev–Trinajstić information content (AvgIpc) is 2.69. The quantitative estimate of drug-likeness (QED) is 0.477. The molecule has 0 heterocycles. The molecule has 156 valence electrons. The topological polar surface area (TPSA) is 66.5 Å². The van der Waals surface area contributed by atoms with Gasteiger partial charge in [-0.15, -0.1) is 0 Å². The number of nitrogens with zero attached hydrogens (tertiary/aromatic N) is 1. The van der Waals surface area contributed by atoms with Gasteiger partial charge >= 0.3 is 0 Å². The van der Waals surface area contributed by atoms with E-state index in [1.54, 1.807) is 54.6 Å². The molecule has 0 unspecified atom stereocenters. The summed E-state index contributed by atoms with van der Waals surface area (Å²) in [5, 5.41) is 3.95. The molecule has 0 radical (unpaired) electrons. The van der Waals surface area contributed by atoms with Crippen LogP contribution in [0, 0.1) is 0 Å². The third-order valence-electron chi connectivity index (χ3n) is 4.27. The second-order valence-electron chi connectivity index (χ2n) is 6.49. The molecule has 0 aromatic heterocycles. The van der Waals surface area contributed by atoms with Gasteiger partial charge in [0.25, 0.3) is 5.91 Å². The van der Waals surface area contributed by atoms with Crippen LogP contribution in [0.1, 0.15) is 15.9 Å². The van der Waals surface area contributed by atoms with Gasteiger partial charge in [-0.3, -0.25) is 9.10 Å². The third-order valence-corrected chi connectivity index (χ3v) is 6.34. The zero-order valence-electron chi connectivity index (χ0n) is 15.8. The molecule has 9 heteroatoms. The van der Waals surface area contributed by atoms with Crippen LogP contribution in [0.15, 0.2) is 66.7 Å².